The second kappa shape index (κ2) is 11.1. The zero-order valence-electron chi connectivity index (χ0n) is 19.2. The van der Waals surface area contributed by atoms with Crippen molar-refractivity contribution < 1.29 is 9.47 Å². The lowest BCUT2D eigenvalue weighted by Gasteiger charge is -2.14. The van der Waals surface area contributed by atoms with Crippen LogP contribution >= 0.6 is 0 Å². The fraction of sp³-hybridized carbons (Fsp3) is 0.214. The van der Waals surface area contributed by atoms with Crippen molar-refractivity contribution in [2.75, 3.05) is 14.2 Å². The number of methoxy groups -OCH3 is 2. The maximum Gasteiger partial charge on any atom is 0.163 e. The van der Waals surface area contributed by atoms with E-state index in [0.717, 1.165) is 28.2 Å². The van der Waals surface area contributed by atoms with Gasteiger partial charge < -0.3 is 9.47 Å². The van der Waals surface area contributed by atoms with E-state index >= 15 is 0 Å². The van der Waals surface area contributed by atoms with E-state index in [0.29, 0.717) is 0 Å². The Kier molecular flexibility index (Phi) is 8.56. The van der Waals surface area contributed by atoms with Gasteiger partial charge in [0.15, 0.2) is 8.07 Å². The summed E-state index contributed by atoms with van der Waals surface area (Å²) >= 11 is 0. The second-order valence-corrected chi connectivity index (χ2v) is 11.9. The zero-order valence-corrected chi connectivity index (χ0v) is 20.2. The van der Waals surface area contributed by atoms with Crippen molar-refractivity contribution in [3.63, 3.8) is 0 Å². The Labute approximate surface area is 188 Å². The molecule has 3 aromatic carbocycles. The summed E-state index contributed by atoms with van der Waals surface area (Å²) in [6.07, 6.45) is 5.24. The molecule has 0 unspecified atom stereocenters. The van der Waals surface area contributed by atoms with Crippen molar-refractivity contribution in [1.82, 2.24) is 0 Å². The van der Waals surface area contributed by atoms with Crippen LogP contribution < -0.4 is 14.7 Å². The SMILES string of the molecule is C#Cc1cc(C)cc(OC)c1.COc1cc(C)cc(C#C[Si](C)(C)c2ccccc2)c1. The molecule has 0 N–H and O–H groups in total. The Morgan fingerprint density at radius 3 is 1.77 bits per heavy atom. The topological polar surface area (TPSA) is 18.5 Å². The molecule has 31 heavy (non-hydrogen) atoms. The van der Waals surface area contributed by atoms with E-state index in [1.165, 1.54) is 10.8 Å². The molecule has 0 aromatic heterocycles. The van der Waals surface area contributed by atoms with Crippen molar-refractivity contribution >= 4 is 13.3 Å². The van der Waals surface area contributed by atoms with Crippen molar-refractivity contribution in [2.24, 2.45) is 0 Å². The Morgan fingerprint density at radius 2 is 1.26 bits per heavy atom. The molecule has 0 aliphatic carbocycles. The molecule has 0 aliphatic heterocycles. The minimum atomic E-state index is -1.71. The lowest BCUT2D eigenvalue weighted by atomic mass is 10.1. The maximum atomic E-state index is 5.30. The van der Waals surface area contributed by atoms with Gasteiger partial charge in [-0.15, -0.1) is 12.0 Å². The molecule has 0 bridgehead atoms. The number of benzene rings is 3. The van der Waals surface area contributed by atoms with Crippen LogP contribution in [-0.2, 0) is 0 Å². The largest absolute Gasteiger partial charge is 0.497 e. The lowest BCUT2D eigenvalue weighted by Crippen LogP contribution is -2.39. The Morgan fingerprint density at radius 1 is 0.742 bits per heavy atom. The molecule has 0 aliphatic rings. The highest BCUT2D eigenvalue weighted by atomic mass is 28.3. The maximum absolute atomic E-state index is 5.30. The van der Waals surface area contributed by atoms with E-state index in [1.807, 2.05) is 43.3 Å². The van der Waals surface area contributed by atoms with Crippen LogP contribution in [0.2, 0.25) is 13.1 Å². The summed E-state index contributed by atoms with van der Waals surface area (Å²) < 4.78 is 10.3. The molecule has 3 heteroatoms. The lowest BCUT2D eigenvalue weighted by molar-refractivity contribution is 0.414. The molecule has 0 saturated carbocycles. The van der Waals surface area contributed by atoms with Crippen LogP contribution in [0.3, 0.4) is 0 Å². The van der Waals surface area contributed by atoms with Gasteiger partial charge in [0.1, 0.15) is 11.5 Å². The Hall–Kier alpha value is -3.40. The van der Waals surface area contributed by atoms with E-state index in [9.17, 15) is 0 Å². The van der Waals surface area contributed by atoms with Crippen molar-refractivity contribution in [3.05, 3.63) is 89.0 Å². The first-order valence-electron chi connectivity index (χ1n) is 10.1. The predicted octanol–water partition coefficient (Wildman–Crippen LogP) is 5.49. The first kappa shape index (κ1) is 23.9. The molecule has 3 rings (SSSR count). The van der Waals surface area contributed by atoms with Gasteiger partial charge in [-0.25, -0.2) is 0 Å². The molecule has 0 spiro atoms. The first-order valence-corrected chi connectivity index (χ1v) is 13.1. The number of hydrogen-bond acceptors (Lipinski definition) is 2. The van der Waals surface area contributed by atoms with Gasteiger partial charge in [0.05, 0.1) is 14.2 Å². The van der Waals surface area contributed by atoms with Crippen LogP contribution in [0.5, 0.6) is 11.5 Å². The fourth-order valence-corrected chi connectivity index (χ4v) is 4.67. The summed E-state index contributed by atoms with van der Waals surface area (Å²) in [5, 5.41) is 1.37. The zero-order chi connectivity index (χ0) is 22.9. The molecule has 158 valence electrons. The van der Waals surface area contributed by atoms with E-state index in [1.54, 1.807) is 14.2 Å². The van der Waals surface area contributed by atoms with Crippen molar-refractivity contribution in [1.29, 1.82) is 0 Å². The molecule has 0 heterocycles. The average Bonchev–Trinajstić information content (AvgIpc) is 2.78. The standard InChI is InChI=1S/C18H20OSi.C10H10O/c1-15-12-16(14-17(13-15)19-2)10-11-20(3,4)18-8-6-5-7-9-18;1-4-9-5-8(2)6-10(7-9)11-3/h5-9,12-14H,1-4H3;1,5-7H,2-3H3. The van der Waals surface area contributed by atoms with Gasteiger partial charge in [0.25, 0.3) is 0 Å². The van der Waals surface area contributed by atoms with Crippen LogP contribution in [-0.4, -0.2) is 22.3 Å². The van der Waals surface area contributed by atoms with Crippen molar-refractivity contribution in [3.8, 4) is 35.3 Å². The highest BCUT2D eigenvalue weighted by Gasteiger charge is 2.20. The number of terminal acetylenes is 1. The molecular formula is C28H30O2Si. The van der Waals surface area contributed by atoms with Gasteiger partial charge in [-0.05, 0) is 66.6 Å². The predicted molar refractivity (Wildman–Crippen MR) is 134 cm³/mol. The minimum absolute atomic E-state index is 0.818. The molecule has 0 saturated heterocycles. The van der Waals surface area contributed by atoms with Crippen LogP contribution in [0.4, 0.5) is 0 Å². The van der Waals surface area contributed by atoms with Crippen molar-refractivity contribution in [2.45, 2.75) is 26.9 Å². The van der Waals surface area contributed by atoms with E-state index in [-0.39, 0.29) is 0 Å². The summed E-state index contributed by atoms with van der Waals surface area (Å²) in [6.45, 7) is 8.61. The quantitative estimate of drug-likeness (QED) is 0.407. The molecule has 0 radical (unpaired) electrons. The minimum Gasteiger partial charge on any atom is -0.497 e. The Balaban J connectivity index is 0.000000262. The second-order valence-electron chi connectivity index (χ2n) is 7.86. The molecule has 3 aromatic rings. The van der Waals surface area contributed by atoms with Crippen LogP contribution in [0.1, 0.15) is 22.3 Å². The van der Waals surface area contributed by atoms with Crippen LogP contribution in [0.25, 0.3) is 0 Å². The molecule has 0 fully saturated rings. The van der Waals surface area contributed by atoms with E-state index < -0.39 is 8.07 Å². The third-order valence-corrected chi connectivity index (χ3v) is 7.28. The van der Waals surface area contributed by atoms with Gasteiger partial charge in [-0.1, -0.05) is 55.3 Å². The van der Waals surface area contributed by atoms with Gasteiger partial charge in [-0.2, -0.15) is 0 Å². The summed E-state index contributed by atoms with van der Waals surface area (Å²) in [4.78, 5) is 0. The smallest absolute Gasteiger partial charge is 0.163 e. The molecule has 2 nitrogen and oxygen atoms in total. The van der Waals surface area contributed by atoms with Gasteiger partial charge >= 0.3 is 0 Å². The fourth-order valence-electron chi connectivity index (χ4n) is 3.04. The van der Waals surface area contributed by atoms with Gasteiger partial charge in [-0.3, -0.25) is 0 Å². The highest BCUT2D eigenvalue weighted by molar-refractivity contribution is 6.96. The number of hydrogen-bond donors (Lipinski definition) is 0. The molecule has 0 amide bonds. The van der Waals surface area contributed by atoms with Crippen LogP contribution in [0.15, 0.2) is 66.7 Å². The van der Waals surface area contributed by atoms with Crippen LogP contribution in [0, 0.1) is 37.7 Å². The third-order valence-electron chi connectivity index (χ3n) is 4.75. The van der Waals surface area contributed by atoms with E-state index in [4.69, 9.17) is 15.9 Å². The monoisotopic (exact) mass is 426 g/mol. The number of rotatable bonds is 3. The number of ether oxygens (including phenoxy) is 2. The first-order chi connectivity index (χ1) is 14.8. The summed E-state index contributed by atoms with van der Waals surface area (Å²) in [6, 6.07) is 22.4. The average molecular weight is 427 g/mol. The summed E-state index contributed by atoms with van der Waals surface area (Å²) in [5.74, 6) is 7.58. The third kappa shape index (κ3) is 7.41. The van der Waals surface area contributed by atoms with E-state index in [2.05, 4.69) is 67.7 Å². The highest BCUT2D eigenvalue weighted by Crippen LogP contribution is 2.16. The van der Waals surface area contributed by atoms with Gasteiger partial charge in [0.2, 0.25) is 0 Å². The molecule has 0 atom stereocenters. The summed E-state index contributed by atoms with van der Waals surface area (Å²) in [5.41, 5.74) is 7.69. The van der Waals surface area contributed by atoms with Gasteiger partial charge in [0, 0.05) is 11.1 Å². The normalized spacial score (nSPS) is 9.97. The Bertz CT molecular complexity index is 1110. The summed E-state index contributed by atoms with van der Waals surface area (Å²) in [7, 11) is 1.61. The number of aryl methyl sites for hydroxylation is 2. The molecular weight excluding hydrogens is 396 g/mol.